The van der Waals surface area contributed by atoms with Gasteiger partial charge in [-0.2, -0.15) is 0 Å². The fraction of sp³-hybridized carbons (Fsp3) is 0.286. The zero-order valence-electron chi connectivity index (χ0n) is 16.5. The summed E-state index contributed by atoms with van der Waals surface area (Å²) in [5.41, 5.74) is 3.52. The summed E-state index contributed by atoms with van der Waals surface area (Å²) >= 11 is 6.04. The number of carbonyl (C=O) groups excluding carboxylic acids is 1. The zero-order valence-corrected chi connectivity index (χ0v) is 17.2. The summed E-state index contributed by atoms with van der Waals surface area (Å²) in [7, 11) is 0. The standard InChI is InChI=1S/C21H24ClN5O/c1-5-26(14(2)3)18-11-9-17(10-12-18)23-21(28)20-15(4)27(25-24-20)19-8-6-7-16(22)13-19/h6-14H,5H2,1-4H3,(H,23,28). The SMILES string of the molecule is CCN(c1ccc(NC(=O)c2nnn(-c3cccc(Cl)c3)c2C)cc1)C(C)C. The number of rotatable bonds is 6. The van der Waals surface area contributed by atoms with E-state index < -0.39 is 0 Å². The molecule has 0 unspecified atom stereocenters. The van der Waals surface area contributed by atoms with E-state index >= 15 is 0 Å². The molecule has 1 aromatic heterocycles. The third kappa shape index (κ3) is 4.17. The van der Waals surface area contributed by atoms with Gasteiger partial charge in [-0.05, 0) is 70.2 Å². The van der Waals surface area contributed by atoms with Crippen LogP contribution in [0.15, 0.2) is 48.5 Å². The van der Waals surface area contributed by atoms with Crippen LogP contribution in [0.4, 0.5) is 11.4 Å². The molecule has 0 fully saturated rings. The van der Waals surface area contributed by atoms with E-state index in [0.29, 0.717) is 22.4 Å². The molecule has 28 heavy (non-hydrogen) atoms. The molecule has 0 atom stereocenters. The lowest BCUT2D eigenvalue weighted by Crippen LogP contribution is -2.30. The maximum atomic E-state index is 12.7. The lowest BCUT2D eigenvalue weighted by molar-refractivity contribution is 0.102. The Labute approximate surface area is 170 Å². The number of carbonyl (C=O) groups is 1. The number of nitrogens with zero attached hydrogens (tertiary/aromatic N) is 4. The van der Waals surface area contributed by atoms with Gasteiger partial charge in [-0.25, -0.2) is 4.68 Å². The molecule has 0 aliphatic rings. The van der Waals surface area contributed by atoms with Crippen molar-refractivity contribution >= 4 is 28.9 Å². The number of amides is 1. The minimum absolute atomic E-state index is 0.279. The second-order valence-corrected chi connectivity index (χ2v) is 7.23. The van der Waals surface area contributed by atoms with Gasteiger partial charge in [-0.1, -0.05) is 22.9 Å². The van der Waals surface area contributed by atoms with Crippen LogP contribution in [0.1, 0.15) is 37.0 Å². The molecule has 0 saturated carbocycles. The van der Waals surface area contributed by atoms with Crippen LogP contribution in [-0.4, -0.2) is 33.5 Å². The number of aromatic nitrogens is 3. The molecular weight excluding hydrogens is 374 g/mol. The van der Waals surface area contributed by atoms with Crippen LogP contribution in [0.5, 0.6) is 0 Å². The summed E-state index contributed by atoms with van der Waals surface area (Å²) < 4.78 is 1.60. The summed E-state index contributed by atoms with van der Waals surface area (Å²) in [6.45, 7) is 9.17. The second-order valence-electron chi connectivity index (χ2n) is 6.80. The zero-order chi connectivity index (χ0) is 20.3. The molecule has 0 bridgehead atoms. The largest absolute Gasteiger partial charge is 0.369 e. The molecule has 3 aromatic rings. The van der Waals surface area contributed by atoms with Gasteiger partial charge in [0.15, 0.2) is 5.69 Å². The fourth-order valence-electron chi connectivity index (χ4n) is 3.16. The highest BCUT2D eigenvalue weighted by molar-refractivity contribution is 6.30. The van der Waals surface area contributed by atoms with Gasteiger partial charge in [0.1, 0.15) is 0 Å². The first kappa shape index (κ1) is 19.9. The van der Waals surface area contributed by atoms with Crippen molar-refractivity contribution in [2.45, 2.75) is 33.7 Å². The number of benzene rings is 2. The normalized spacial score (nSPS) is 10.9. The highest BCUT2D eigenvalue weighted by Gasteiger charge is 2.18. The van der Waals surface area contributed by atoms with Crippen molar-refractivity contribution in [3.63, 3.8) is 0 Å². The van der Waals surface area contributed by atoms with E-state index in [-0.39, 0.29) is 11.6 Å². The van der Waals surface area contributed by atoms with E-state index in [2.05, 4.69) is 41.3 Å². The van der Waals surface area contributed by atoms with Gasteiger partial charge in [0.2, 0.25) is 0 Å². The van der Waals surface area contributed by atoms with Crippen LogP contribution < -0.4 is 10.2 Å². The van der Waals surface area contributed by atoms with Crippen LogP contribution in [0.2, 0.25) is 5.02 Å². The third-order valence-electron chi connectivity index (χ3n) is 4.58. The van der Waals surface area contributed by atoms with Crippen molar-refractivity contribution in [3.8, 4) is 5.69 Å². The van der Waals surface area contributed by atoms with Crippen molar-refractivity contribution in [1.82, 2.24) is 15.0 Å². The molecule has 1 amide bonds. The molecule has 1 N–H and O–H groups in total. The predicted molar refractivity (Wildman–Crippen MR) is 114 cm³/mol. The second kappa shape index (κ2) is 8.44. The van der Waals surface area contributed by atoms with E-state index in [1.165, 1.54) is 0 Å². The Morgan fingerprint density at radius 1 is 1.21 bits per heavy atom. The van der Waals surface area contributed by atoms with E-state index in [0.717, 1.165) is 17.9 Å². The van der Waals surface area contributed by atoms with Gasteiger partial charge in [-0.15, -0.1) is 5.10 Å². The van der Waals surface area contributed by atoms with E-state index in [1.54, 1.807) is 23.7 Å². The van der Waals surface area contributed by atoms with Crippen LogP contribution in [0, 0.1) is 6.92 Å². The van der Waals surface area contributed by atoms with E-state index in [1.807, 2.05) is 36.4 Å². The smallest absolute Gasteiger partial charge is 0.278 e. The number of nitrogens with one attached hydrogen (secondary N) is 1. The van der Waals surface area contributed by atoms with Crippen molar-refractivity contribution < 1.29 is 4.79 Å². The first-order valence-electron chi connectivity index (χ1n) is 9.27. The lowest BCUT2D eigenvalue weighted by Gasteiger charge is -2.27. The molecule has 7 heteroatoms. The van der Waals surface area contributed by atoms with Gasteiger partial charge in [0.05, 0.1) is 11.4 Å². The van der Waals surface area contributed by atoms with E-state index in [9.17, 15) is 4.79 Å². The minimum Gasteiger partial charge on any atom is -0.369 e. The van der Waals surface area contributed by atoms with Crippen molar-refractivity contribution in [1.29, 1.82) is 0 Å². The van der Waals surface area contributed by atoms with Gasteiger partial charge in [0.25, 0.3) is 5.91 Å². The van der Waals surface area contributed by atoms with Crippen LogP contribution >= 0.6 is 11.6 Å². The Kier molecular flexibility index (Phi) is 5.99. The number of hydrogen-bond acceptors (Lipinski definition) is 4. The maximum absolute atomic E-state index is 12.7. The Balaban J connectivity index is 1.77. The minimum atomic E-state index is -0.297. The van der Waals surface area contributed by atoms with Crippen molar-refractivity contribution in [3.05, 3.63) is 64.9 Å². The summed E-state index contributed by atoms with van der Waals surface area (Å²) in [6.07, 6.45) is 0. The first-order valence-corrected chi connectivity index (χ1v) is 9.64. The third-order valence-corrected chi connectivity index (χ3v) is 4.82. The quantitative estimate of drug-likeness (QED) is 0.653. The fourth-order valence-corrected chi connectivity index (χ4v) is 3.35. The van der Waals surface area contributed by atoms with Gasteiger partial charge >= 0.3 is 0 Å². The molecule has 1 heterocycles. The Morgan fingerprint density at radius 3 is 2.54 bits per heavy atom. The summed E-state index contributed by atoms with van der Waals surface area (Å²) in [6, 6.07) is 15.5. The summed E-state index contributed by atoms with van der Waals surface area (Å²) in [4.78, 5) is 15.0. The van der Waals surface area contributed by atoms with Crippen molar-refractivity contribution in [2.24, 2.45) is 0 Å². The molecule has 0 spiro atoms. The molecule has 3 rings (SSSR count). The van der Waals surface area contributed by atoms with Crippen LogP contribution in [-0.2, 0) is 0 Å². The van der Waals surface area contributed by atoms with Crippen molar-refractivity contribution in [2.75, 3.05) is 16.8 Å². The van der Waals surface area contributed by atoms with Gasteiger partial charge in [-0.3, -0.25) is 4.79 Å². The van der Waals surface area contributed by atoms with Gasteiger partial charge in [0, 0.05) is 29.0 Å². The molecule has 2 aromatic carbocycles. The number of halogens is 1. The lowest BCUT2D eigenvalue weighted by atomic mass is 10.2. The molecular formula is C21H24ClN5O. The highest BCUT2D eigenvalue weighted by Crippen LogP contribution is 2.21. The number of anilines is 2. The molecule has 0 aliphatic carbocycles. The molecule has 6 nitrogen and oxygen atoms in total. The average Bonchev–Trinajstić information content (AvgIpc) is 3.05. The summed E-state index contributed by atoms with van der Waals surface area (Å²) in [5.74, 6) is -0.297. The molecule has 0 aliphatic heterocycles. The highest BCUT2D eigenvalue weighted by atomic mass is 35.5. The molecule has 146 valence electrons. The van der Waals surface area contributed by atoms with Crippen LogP contribution in [0.25, 0.3) is 5.69 Å². The molecule has 0 saturated heterocycles. The maximum Gasteiger partial charge on any atom is 0.278 e. The van der Waals surface area contributed by atoms with Crippen LogP contribution in [0.3, 0.4) is 0 Å². The summed E-state index contributed by atoms with van der Waals surface area (Å²) in [5, 5.41) is 11.6. The van der Waals surface area contributed by atoms with Gasteiger partial charge < -0.3 is 10.2 Å². The number of hydrogen-bond donors (Lipinski definition) is 1. The Hall–Kier alpha value is -2.86. The first-order chi connectivity index (χ1) is 13.4. The Bertz CT molecular complexity index is 965. The van der Waals surface area contributed by atoms with E-state index in [4.69, 9.17) is 11.6 Å². The topological polar surface area (TPSA) is 63.1 Å². The Morgan fingerprint density at radius 2 is 1.93 bits per heavy atom. The molecule has 0 radical (unpaired) electrons. The monoisotopic (exact) mass is 397 g/mol. The average molecular weight is 398 g/mol. The predicted octanol–water partition coefficient (Wildman–Crippen LogP) is 4.72.